The monoisotopic (exact) mass is 227 g/mol. The van der Waals surface area contributed by atoms with E-state index in [0.717, 1.165) is 29.5 Å². The Labute approximate surface area is 102 Å². The van der Waals surface area contributed by atoms with Gasteiger partial charge in [0.05, 0.1) is 0 Å². The molecule has 0 atom stereocenters. The maximum absolute atomic E-state index is 10.2. The van der Waals surface area contributed by atoms with Crippen LogP contribution in [0, 0.1) is 0 Å². The first-order valence-electron chi connectivity index (χ1n) is 5.89. The molecular weight excluding hydrogens is 210 g/mol. The molecule has 0 saturated carbocycles. The van der Waals surface area contributed by atoms with E-state index in [2.05, 4.69) is 6.92 Å². The van der Waals surface area contributed by atoms with Gasteiger partial charge in [-0.2, -0.15) is 0 Å². The van der Waals surface area contributed by atoms with E-state index < -0.39 is 0 Å². The van der Waals surface area contributed by atoms with Crippen LogP contribution in [-0.4, -0.2) is 5.11 Å². The second kappa shape index (κ2) is 4.91. The summed E-state index contributed by atoms with van der Waals surface area (Å²) in [4.78, 5) is 0. The van der Waals surface area contributed by atoms with E-state index in [1.54, 1.807) is 0 Å². The van der Waals surface area contributed by atoms with Crippen LogP contribution in [0.1, 0.15) is 18.9 Å². The van der Waals surface area contributed by atoms with Crippen molar-refractivity contribution in [3.63, 3.8) is 0 Å². The molecule has 2 heteroatoms. The van der Waals surface area contributed by atoms with Gasteiger partial charge in [-0.15, -0.1) is 0 Å². The topological polar surface area (TPSA) is 46.2 Å². The molecule has 17 heavy (non-hydrogen) atoms. The molecule has 0 spiro atoms. The van der Waals surface area contributed by atoms with Crippen molar-refractivity contribution in [1.82, 2.24) is 0 Å². The molecule has 0 aromatic heterocycles. The minimum Gasteiger partial charge on any atom is -0.507 e. The van der Waals surface area contributed by atoms with Gasteiger partial charge < -0.3 is 10.8 Å². The molecule has 2 nitrogen and oxygen atoms in total. The van der Waals surface area contributed by atoms with E-state index in [9.17, 15) is 5.11 Å². The van der Waals surface area contributed by atoms with Gasteiger partial charge in [0.2, 0.25) is 0 Å². The summed E-state index contributed by atoms with van der Waals surface area (Å²) in [5.41, 5.74) is 9.31. The van der Waals surface area contributed by atoms with Crippen molar-refractivity contribution < 1.29 is 5.11 Å². The van der Waals surface area contributed by atoms with Gasteiger partial charge in [-0.05, 0) is 18.1 Å². The second-order valence-electron chi connectivity index (χ2n) is 4.15. The maximum Gasteiger partial charge on any atom is 0.126 e. The number of rotatable bonds is 3. The first kappa shape index (κ1) is 11.5. The molecule has 0 aliphatic rings. The summed E-state index contributed by atoms with van der Waals surface area (Å²) in [7, 11) is 0. The minimum absolute atomic E-state index is 0.354. The number of aryl methyl sites for hydroxylation is 1. The molecule has 0 aliphatic carbocycles. The highest BCUT2D eigenvalue weighted by atomic mass is 16.3. The van der Waals surface area contributed by atoms with Gasteiger partial charge in [-0.1, -0.05) is 49.7 Å². The summed E-state index contributed by atoms with van der Waals surface area (Å²) >= 11 is 0. The Balaban J connectivity index is 2.53. The van der Waals surface area contributed by atoms with Gasteiger partial charge >= 0.3 is 0 Å². The van der Waals surface area contributed by atoms with E-state index in [4.69, 9.17) is 5.73 Å². The van der Waals surface area contributed by atoms with Gasteiger partial charge in [0.1, 0.15) is 5.75 Å². The molecule has 0 saturated heterocycles. The highest BCUT2D eigenvalue weighted by Gasteiger charge is 2.10. The predicted molar refractivity (Wildman–Crippen MR) is 72.0 cm³/mol. The molecule has 2 rings (SSSR count). The van der Waals surface area contributed by atoms with Gasteiger partial charge in [0.25, 0.3) is 0 Å². The molecule has 3 N–H and O–H groups in total. The van der Waals surface area contributed by atoms with Crippen LogP contribution < -0.4 is 5.73 Å². The highest BCUT2D eigenvalue weighted by molar-refractivity contribution is 5.80. The van der Waals surface area contributed by atoms with Crippen LogP contribution in [0.3, 0.4) is 0 Å². The number of anilines is 1. The third-order valence-electron chi connectivity index (χ3n) is 2.89. The van der Waals surface area contributed by atoms with Crippen LogP contribution in [0.15, 0.2) is 42.5 Å². The lowest BCUT2D eigenvalue weighted by Crippen LogP contribution is -1.92. The molecule has 0 radical (unpaired) electrons. The van der Waals surface area contributed by atoms with Crippen molar-refractivity contribution in [2.24, 2.45) is 0 Å². The number of para-hydroxylation sites is 2. The Morgan fingerprint density at radius 1 is 1.00 bits per heavy atom. The summed E-state index contributed by atoms with van der Waals surface area (Å²) in [6, 6.07) is 13.4. The van der Waals surface area contributed by atoms with Crippen molar-refractivity contribution in [1.29, 1.82) is 0 Å². The molecule has 2 aromatic carbocycles. The number of phenols is 1. The standard InChI is InChI=1S/C15H17NO/c1-2-6-11-7-5-9-13(15(11)17)12-8-3-4-10-14(12)16/h3-5,7-10,17H,2,6,16H2,1H3. The second-order valence-corrected chi connectivity index (χ2v) is 4.15. The van der Waals surface area contributed by atoms with E-state index in [1.807, 2.05) is 42.5 Å². The van der Waals surface area contributed by atoms with Crippen LogP contribution >= 0.6 is 0 Å². The number of benzene rings is 2. The summed E-state index contributed by atoms with van der Waals surface area (Å²) < 4.78 is 0. The van der Waals surface area contributed by atoms with Crippen molar-refractivity contribution in [3.8, 4) is 16.9 Å². The Hall–Kier alpha value is -1.96. The Morgan fingerprint density at radius 3 is 2.41 bits per heavy atom. The largest absolute Gasteiger partial charge is 0.507 e. The van der Waals surface area contributed by atoms with Crippen molar-refractivity contribution in [2.75, 3.05) is 5.73 Å². The van der Waals surface area contributed by atoms with E-state index in [-0.39, 0.29) is 0 Å². The molecule has 0 bridgehead atoms. The molecule has 0 amide bonds. The Bertz CT molecular complexity index is 520. The number of nitrogen functional groups attached to an aromatic ring is 1. The highest BCUT2D eigenvalue weighted by Crippen LogP contribution is 2.35. The molecule has 2 aromatic rings. The third-order valence-corrected chi connectivity index (χ3v) is 2.89. The first-order valence-corrected chi connectivity index (χ1v) is 5.89. The van der Waals surface area contributed by atoms with E-state index in [0.29, 0.717) is 11.4 Å². The van der Waals surface area contributed by atoms with Crippen molar-refractivity contribution in [3.05, 3.63) is 48.0 Å². The van der Waals surface area contributed by atoms with E-state index in [1.165, 1.54) is 0 Å². The first-order chi connectivity index (χ1) is 8.24. The van der Waals surface area contributed by atoms with Crippen LogP contribution in [0.5, 0.6) is 5.75 Å². The molecule has 0 fully saturated rings. The Morgan fingerprint density at radius 2 is 1.71 bits per heavy atom. The van der Waals surface area contributed by atoms with Crippen molar-refractivity contribution in [2.45, 2.75) is 19.8 Å². The molecule has 0 aliphatic heterocycles. The van der Waals surface area contributed by atoms with Gasteiger partial charge in [-0.3, -0.25) is 0 Å². The molecule has 88 valence electrons. The number of aromatic hydroxyl groups is 1. The zero-order valence-electron chi connectivity index (χ0n) is 9.98. The fourth-order valence-corrected chi connectivity index (χ4v) is 2.02. The Kier molecular flexibility index (Phi) is 3.33. The summed E-state index contributed by atoms with van der Waals surface area (Å²) in [5.74, 6) is 0.354. The minimum atomic E-state index is 0.354. The fourth-order valence-electron chi connectivity index (χ4n) is 2.02. The average Bonchev–Trinajstić information content (AvgIpc) is 2.33. The predicted octanol–water partition coefficient (Wildman–Crippen LogP) is 3.59. The van der Waals surface area contributed by atoms with Crippen molar-refractivity contribution >= 4 is 5.69 Å². The number of hydrogen-bond donors (Lipinski definition) is 2. The van der Waals surface area contributed by atoms with Crippen LogP contribution in [0.4, 0.5) is 5.69 Å². The van der Waals surface area contributed by atoms with Crippen LogP contribution in [0.25, 0.3) is 11.1 Å². The fraction of sp³-hybridized carbons (Fsp3) is 0.200. The normalized spacial score (nSPS) is 10.4. The zero-order valence-corrected chi connectivity index (χ0v) is 9.98. The smallest absolute Gasteiger partial charge is 0.126 e. The number of nitrogens with two attached hydrogens (primary N) is 1. The molecule has 0 heterocycles. The lowest BCUT2D eigenvalue weighted by molar-refractivity contribution is 0.469. The van der Waals surface area contributed by atoms with Gasteiger partial charge in [0.15, 0.2) is 0 Å². The quantitative estimate of drug-likeness (QED) is 0.787. The molecular formula is C15H17NO. The van der Waals surface area contributed by atoms with Gasteiger partial charge in [0, 0.05) is 16.8 Å². The lowest BCUT2D eigenvalue weighted by Gasteiger charge is -2.11. The summed E-state index contributed by atoms with van der Waals surface area (Å²) in [6.45, 7) is 2.10. The van der Waals surface area contributed by atoms with Gasteiger partial charge in [-0.25, -0.2) is 0 Å². The summed E-state index contributed by atoms with van der Waals surface area (Å²) in [6.07, 6.45) is 1.90. The number of hydrogen-bond acceptors (Lipinski definition) is 2. The lowest BCUT2D eigenvalue weighted by atomic mass is 9.98. The average molecular weight is 227 g/mol. The third kappa shape index (κ3) is 2.26. The number of phenolic OH excluding ortho intramolecular Hbond substituents is 1. The van der Waals surface area contributed by atoms with E-state index >= 15 is 0 Å². The van der Waals surface area contributed by atoms with Crippen LogP contribution in [0.2, 0.25) is 0 Å². The summed E-state index contributed by atoms with van der Waals surface area (Å²) in [5, 5.41) is 10.2. The zero-order chi connectivity index (χ0) is 12.3. The molecule has 0 unspecified atom stereocenters. The SMILES string of the molecule is CCCc1cccc(-c2ccccc2N)c1O. The van der Waals surface area contributed by atoms with Crippen LogP contribution in [-0.2, 0) is 6.42 Å². The maximum atomic E-state index is 10.2.